The Morgan fingerprint density at radius 2 is 1.22 bits per heavy atom. The molecule has 0 spiro atoms. The van der Waals surface area contributed by atoms with Crippen molar-refractivity contribution in [3.63, 3.8) is 0 Å². The maximum atomic E-state index is 9.87. The molecule has 1 aliphatic rings. The Morgan fingerprint density at radius 1 is 0.750 bits per heavy atom. The molecule has 0 aromatic heterocycles. The van der Waals surface area contributed by atoms with Crippen LogP contribution in [0.15, 0.2) is 78.9 Å². The summed E-state index contributed by atoms with van der Waals surface area (Å²) in [6.45, 7) is 4.65. The molecule has 0 radical (unpaired) electrons. The van der Waals surface area contributed by atoms with E-state index in [0.717, 1.165) is 0 Å². The molecule has 32 heavy (non-hydrogen) atoms. The topological polar surface area (TPSA) is 0 Å². The summed E-state index contributed by atoms with van der Waals surface area (Å²) in [5.41, 5.74) is 4.68. The van der Waals surface area contributed by atoms with Gasteiger partial charge in [0, 0.05) is 5.92 Å². The Morgan fingerprint density at radius 3 is 1.66 bits per heavy atom. The molecule has 0 saturated carbocycles. The summed E-state index contributed by atoms with van der Waals surface area (Å²) in [5.74, 6) is 0.664. The van der Waals surface area contributed by atoms with Gasteiger partial charge in [-0.1, -0.05) is 61.5 Å². The van der Waals surface area contributed by atoms with Crippen molar-refractivity contribution in [3.05, 3.63) is 95.6 Å². The second-order valence-electron chi connectivity index (χ2n) is 8.19. The molecule has 1 atom stereocenters. The number of fused-ring (bicyclic) bond motifs is 1. The van der Waals surface area contributed by atoms with Gasteiger partial charge < -0.3 is 0 Å². The molecule has 0 fully saturated rings. The zero-order chi connectivity index (χ0) is 23.7. The molecule has 0 aliphatic carbocycles. The SMILES string of the molecule is CCC1C[P+](c2ccccc2)(c2ccccc2)Cc2c(C)cccc21.F[P-](F)(F)(F)(F)F. The van der Waals surface area contributed by atoms with E-state index >= 15 is 0 Å². The van der Waals surface area contributed by atoms with Crippen LogP contribution in [0.5, 0.6) is 0 Å². The molecular weight excluding hydrogens is 464 g/mol. The predicted octanol–water partition coefficient (Wildman–Crippen LogP) is 9.05. The predicted molar refractivity (Wildman–Crippen MR) is 125 cm³/mol. The Kier molecular flexibility index (Phi) is 6.30. The fourth-order valence-corrected chi connectivity index (χ4v) is 9.33. The molecule has 8 heteroatoms. The van der Waals surface area contributed by atoms with E-state index in [2.05, 4.69) is 92.7 Å². The van der Waals surface area contributed by atoms with Crippen molar-refractivity contribution in [2.75, 3.05) is 6.16 Å². The second kappa shape index (κ2) is 8.15. The number of hydrogen-bond acceptors (Lipinski definition) is 0. The third-order valence-electron chi connectivity index (χ3n) is 5.84. The van der Waals surface area contributed by atoms with Gasteiger partial charge in [-0.25, -0.2) is 0 Å². The Labute approximate surface area is 185 Å². The summed E-state index contributed by atoms with van der Waals surface area (Å²) in [7, 11) is -12.1. The van der Waals surface area contributed by atoms with Crippen molar-refractivity contribution in [2.24, 2.45) is 0 Å². The van der Waals surface area contributed by atoms with Crippen molar-refractivity contribution in [1.82, 2.24) is 0 Å². The zero-order valence-electron chi connectivity index (χ0n) is 17.9. The first-order valence-electron chi connectivity index (χ1n) is 10.3. The Balaban J connectivity index is 0.000000360. The molecule has 1 unspecified atom stereocenters. The first-order chi connectivity index (χ1) is 14.7. The van der Waals surface area contributed by atoms with Crippen molar-refractivity contribution in [3.8, 4) is 0 Å². The molecule has 0 saturated heterocycles. The molecule has 174 valence electrons. The van der Waals surface area contributed by atoms with E-state index in [-0.39, 0.29) is 0 Å². The van der Waals surface area contributed by atoms with E-state index in [4.69, 9.17) is 0 Å². The van der Waals surface area contributed by atoms with E-state index in [1.807, 2.05) is 0 Å². The van der Waals surface area contributed by atoms with Crippen molar-refractivity contribution in [1.29, 1.82) is 0 Å². The second-order valence-corrected chi connectivity index (χ2v) is 13.8. The van der Waals surface area contributed by atoms with Gasteiger partial charge in [-0.05, 0) is 54.3 Å². The van der Waals surface area contributed by atoms with Gasteiger partial charge >= 0.3 is 33.0 Å². The fraction of sp³-hybridized carbons (Fsp3) is 0.250. The van der Waals surface area contributed by atoms with Crippen LogP contribution in [0.4, 0.5) is 25.2 Å². The monoisotopic (exact) mass is 490 g/mol. The number of halogens is 6. The quantitative estimate of drug-likeness (QED) is 0.254. The van der Waals surface area contributed by atoms with Crippen LogP contribution in [0.3, 0.4) is 0 Å². The molecular formula is C24H26F6P2. The molecule has 0 bridgehead atoms. The third-order valence-corrected chi connectivity index (χ3v) is 10.3. The van der Waals surface area contributed by atoms with Gasteiger partial charge in [0.05, 0.1) is 30.2 Å². The Bertz CT molecular complexity index is 1010. The molecule has 3 aromatic rings. The number of rotatable bonds is 3. The molecule has 0 N–H and O–H groups in total. The average Bonchev–Trinajstić information content (AvgIpc) is 2.72. The van der Waals surface area contributed by atoms with Gasteiger partial charge in [0.15, 0.2) is 0 Å². The summed E-state index contributed by atoms with van der Waals surface area (Å²) >= 11 is 0. The zero-order valence-corrected chi connectivity index (χ0v) is 19.7. The summed E-state index contributed by atoms with van der Waals surface area (Å²) in [6.07, 6.45) is 3.73. The molecule has 1 heterocycles. The van der Waals surface area contributed by atoms with Crippen LogP contribution < -0.4 is 10.6 Å². The number of aryl methyl sites for hydroxylation is 1. The van der Waals surface area contributed by atoms with Crippen LogP contribution in [0, 0.1) is 6.92 Å². The van der Waals surface area contributed by atoms with Gasteiger partial charge in [-0.15, -0.1) is 0 Å². The van der Waals surface area contributed by atoms with Crippen molar-refractivity contribution < 1.29 is 25.2 Å². The van der Waals surface area contributed by atoms with Crippen LogP contribution >= 0.6 is 15.1 Å². The van der Waals surface area contributed by atoms with Gasteiger partial charge in [0.2, 0.25) is 0 Å². The number of benzene rings is 3. The molecule has 4 rings (SSSR count). The van der Waals surface area contributed by atoms with Gasteiger partial charge in [-0.3, -0.25) is 0 Å². The first-order valence-corrected chi connectivity index (χ1v) is 14.5. The van der Waals surface area contributed by atoms with Gasteiger partial charge in [-0.2, -0.15) is 0 Å². The van der Waals surface area contributed by atoms with Crippen LogP contribution in [0.1, 0.15) is 36.0 Å². The summed E-state index contributed by atoms with van der Waals surface area (Å²) < 4.78 is 59.2. The van der Waals surface area contributed by atoms with Crippen LogP contribution in [-0.2, 0) is 6.16 Å². The van der Waals surface area contributed by atoms with Crippen LogP contribution in [0.2, 0.25) is 0 Å². The van der Waals surface area contributed by atoms with E-state index < -0.39 is 15.1 Å². The first kappa shape index (κ1) is 24.7. The third kappa shape index (κ3) is 6.56. The fourth-order valence-electron chi connectivity index (χ4n) is 4.45. The van der Waals surface area contributed by atoms with Gasteiger partial charge in [0.1, 0.15) is 0 Å². The molecule has 1 aliphatic heterocycles. The maximum absolute atomic E-state index is 10.7. The van der Waals surface area contributed by atoms with E-state index in [1.54, 1.807) is 21.7 Å². The molecule has 0 nitrogen and oxygen atoms in total. The van der Waals surface area contributed by atoms with Crippen LogP contribution in [-0.4, -0.2) is 6.16 Å². The van der Waals surface area contributed by atoms with Gasteiger partial charge in [0.25, 0.3) is 0 Å². The summed E-state index contributed by atoms with van der Waals surface area (Å²) in [4.78, 5) is 0. The molecule has 0 amide bonds. The Hall–Kier alpha value is -1.90. The van der Waals surface area contributed by atoms with E-state index in [9.17, 15) is 25.2 Å². The minimum absolute atomic E-state index is 0.664. The number of hydrogen-bond donors (Lipinski definition) is 0. The van der Waals surface area contributed by atoms with Crippen LogP contribution in [0.25, 0.3) is 0 Å². The van der Waals surface area contributed by atoms with E-state index in [0.29, 0.717) is 5.92 Å². The molecule has 3 aromatic carbocycles. The van der Waals surface area contributed by atoms with Crippen molar-refractivity contribution in [2.45, 2.75) is 32.3 Å². The normalized spacial score (nSPS) is 19.6. The summed E-state index contributed by atoms with van der Waals surface area (Å²) in [6, 6.07) is 29.6. The minimum atomic E-state index is -10.7. The van der Waals surface area contributed by atoms with E-state index in [1.165, 1.54) is 24.3 Å². The van der Waals surface area contributed by atoms with Crippen molar-refractivity contribution >= 4 is 25.7 Å². The summed E-state index contributed by atoms with van der Waals surface area (Å²) in [5, 5.41) is 3.13. The standard InChI is InChI=1S/C24H26P.F6P/c1-3-20-17-25(21-12-6-4-7-13-21,22-14-8-5-9-15-22)18-24-19(2)11-10-16-23(20)24;1-7(2,3,4,5)6/h4-16,20H,3,17-18H2,1-2H3;/q+1;-1. The average molecular weight is 490 g/mol.